The van der Waals surface area contributed by atoms with Crippen LogP contribution in [-0.4, -0.2) is 53.3 Å². The summed E-state index contributed by atoms with van der Waals surface area (Å²) in [5.74, 6) is 1.65. The van der Waals surface area contributed by atoms with Crippen LogP contribution in [0.1, 0.15) is 31.7 Å². The van der Waals surface area contributed by atoms with Crippen LogP contribution in [0.3, 0.4) is 0 Å². The fourth-order valence-electron chi connectivity index (χ4n) is 2.98. The summed E-state index contributed by atoms with van der Waals surface area (Å²) in [5.41, 5.74) is 1.30. The van der Waals surface area contributed by atoms with E-state index < -0.39 is 0 Å². The van der Waals surface area contributed by atoms with Crippen LogP contribution < -0.4 is 4.90 Å². The average molecular weight is 262 g/mol. The van der Waals surface area contributed by atoms with Gasteiger partial charge in [0.2, 0.25) is 0 Å². The molecule has 0 spiro atoms. The van der Waals surface area contributed by atoms with Crippen molar-refractivity contribution in [3.63, 3.8) is 0 Å². The molecule has 0 bridgehead atoms. The molecule has 4 nitrogen and oxygen atoms in total. The molecule has 1 atom stereocenters. The van der Waals surface area contributed by atoms with Gasteiger partial charge in [0.25, 0.3) is 0 Å². The quantitative estimate of drug-likeness (QED) is 0.769. The van der Waals surface area contributed by atoms with Gasteiger partial charge in [-0.25, -0.2) is 4.98 Å². The second kappa shape index (κ2) is 5.10. The van der Waals surface area contributed by atoms with Gasteiger partial charge in [-0.15, -0.1) is 0 Å². The van der Waals surface area contributed by atoms with Crippen LogP contribution in [-0.2, 0) is 0 Å². The van der Waals surface area contributed by atoms with E-state index in [0.717, 1.165) is 32.0 Å². The standard InChI is InChI=1S/C15H23N3O/c1-11(2)12-3-4-15(16-7-12)17-6-5-13(8-17)18-9-14(19)10-18/h3-4,7,11,13-14,19H,5-6,8-10H2,1-2H3/p+1. The summed E-state index contributed by atoms with van der Waals surface area (Å²) in [5, 5.41) is 7.62. The third kappa shape index (κ3) is 2.60. The molecule has 0 aromatic carbocycles. The monoisotopic (exact) mass is 262 g/mol. The molecule has 3 heterocycles. The maximum Gasteiger partial charge on any atom is 0.179 e. The lowest BCUT2D eigenvalue weighted by molar-refractivity contribution is -0.0195. The van der Waals surface area contributed by atoms with Crippen LogP contribution >= 0.6 is 0 Å². The number of nitrogens with zero attached hydrogens (tertiary/aromatic N) is 3. The van der Waals surface area contributed by atoms with Gasteiger partial charge in [0.1, 0.15) is 5.82 Å². The summed E-state index contributed by atoms with van der Waals surface area (Å²) >= 11 is 0. The predicted molar refractivity (Wildman–Crippen MR) is 77.9 cm³/mol. The van der Waals surface area contributed by atoms with Crippen molar-refractivity contribution < 1.29 is 5.11 Å². The second-order valence-electron chi connectivity index (χ2n) is 6.14. The van der Waals surface area contributed by atoms with Crippen LogP contribution in [0.2, 0.25) is 0 Å². The molecule has 0 aliphatic carbocycles. The summed E-state index contributed by atoms with van der Waals surface area (Å²) in [4.78, 5) is 9.43. The molecule has 0 saturated carbocycles. The summed E-state index contributed by atoms with van der Waals surface area (Å²) in [7, 11) is 0. The molecule has 1 aromatic heterocycles. The van der Waals surface area contributed by atoms with Gasteiger partial charge in [-0.3, -0.25) is 4.90 Å². The van der Waals surface area contributed by atoms with Crippen molar-refractivity contribution in [2.75, 3.05) is 31.1 Å². The second-order valence-corrected chi connectivity index (χ2v) is 6.14. The molecule has 104 valence electrons. The van der Waals surface area contributed by atoms with Gasteiger partial charge in [-0.05, 0) is 24.0 Å². The Morgan fingerprint density at radius 3 is 2.63 bits per heavy atom. The van der Waals surface area contributed by atoms with Gasteiger partial charge >= 0.3 is 0 Å². The van der Waals surface area contributed by atoms with Crippen LogP contribution in [0.15, 0.2) is 18.3 Å². The zero-order chi connectivity index (χ0) is 13.4. The Balaban J connectivity index is 1.61. The van der Waals surface area contributed by atoms with Crippen LogP contribution in [0, 0.1) is 0 Å². The molecule has 1 unspecified atom stereocenters. The first-order valence-electron chi connectivity index (χ1n) is 7.29. The lowest BCUT2D eigenvalue weighted by Crippen LogP contribution is -2.56. The molecule has 3 rings (SSSR count). The summed E-state index contributed by atoms with van der Waals surface area (Å²) in [6.07, 6.45) is 3.37. The number of hydrogen-bond donors (Lipinski definition) is 0. The maximum absolute atomic E-state index is 7.62. The number of aromatic nitrogens is 1. The van der Waals surface area contributed by atoms with E-state index in [0.29, 0.717) is 12.0 Å². The van der Waals surface area contributed by atoms with E-state index in [1.54, 1.807) is 0 Å². The molecule has 2 saturated heterocycles. The highest BCUT2D eigenvalue weighted by molar-refractivity contribution is 5.41. The van der Waals surface area contributed by atoms with E-state index in [2.05, 4.69) is 40.8 Å². The van der Waals surface area contributed by atoms with Gasteiger partial charge in [0.15, 0.2) is 6.10 Å². The molecule has 4 heteroatoms. The van der Waals surface area contributed by atoms with Gasteiger partial charge in [-0.2, -0.15) is 0 Å². The lowest BCUT2D eigenvalue weighted by Gasteiger charge is -2.37. The molecule has 2 aliphatic rings. The molecule has 1 aromatic rings. The van der Waals surface area contributed by atoms with Gasteiger partial charge in [-0.1, -0.05) is 19.9 Å². The van der Waals surface area contributed by atoms with E-state index in [4.69, 9.17) is 5.11 Å². The summed E-state index contributed by atoms with van der Waals surface area (Å²) in [6.45, 7) is 8.47. The highest BCUT2D eigenvalue weighted by atomic mass is 16.3. The van der Waals surface area contributed by atoms with Crippen molar-refractivity contribution in [1.29, 1.82) is 0 Å². The Morgan fingerprint density at radius 1 is 1.26 bits per heavy atom. The van der Waals surface area contributed by atoms with Crippen molar-refractivity contribution >= 4 is 5.82 Å². The number of likely N-dealkylation sites (tertiary alicyclic amines) is 1. The predicted octanol–water partition coefficient (Wildman–Crippen LogP) is 1.19. The van der Waals surface area contributed by atoms with Crippen molar-refractivity contribution in [2.24, 2.45) is 0 Å². The first-order valence-corrected chi connectivity index (χ1v) is 7.29. The molecule has 0 radical (unpaired) electrons. The fourth-order valence-corrected chi connectivity index (χ4v) is 2.98. The average Bonchev–Trinajstić information content (AvgIpc) is 2.84. The smallest absolute Gasteiger partial charge is 0.179 e. The molecule has 0 amide bonds. The fraction of sp³-hybridized carbons (Fsp3) is 0.667. The van der Waals surface area contributed by atoms with E-state index in [9.17, 15) is 0 Å². The number of hydrogen-bond acceptors (Lipinski definition) is 3. The van der Waals surface area contributed by atoms with Gasteiger partial charge < -0.3 is 10.0 Å². The van der Waals surface area contributed by atoms with Crippen LogP contribution in [0.5, 0.6) is 0 Å². The molecule has 2 N–H and O–H groups in total. The maximum atomic E-state index is 7.62. The zero-order valence-corrected chi connectivity index (χ0v) is 11.8. The normalized spacial score (nSPS) is 25.1. The minimum Gasteiger partial charge on any atom is -0.441 e. The van der Waals surface area contributed by atoms with Crippen molar-refractivity contribution in [3.8, 4) is 0 Å². The number of rotatable bonds is 3. The van der Waals surface area contributed by atoms with Crippen LogP contribution in [0.25, 0.3) is 0 Å². The van der Waals surface area contributed by atoms with Crippen molar-refractivity contribution in [1.82, 2.24) is 9.88 Å². The number of anilines is 1. The third-order valence-electron chi connectivity index (χ3n) is 4.35. The summed E-state index contributed by atoms with van der Waals surface area (Å²) in [6, 6.07) is 4.98. The van der Waals surface area contributed by atoms with E-state index in [1.807, 2.05) is 6.20 Å². The van der Waals surface area contributed by atoms with Gasteiger partial charge in [0.05, 0.1) is 13.1 Å². The largest absolute Gasteiger partial charge is 0.441 e. The van der Waals surface area contributed by atoms with E-state index in [-0.39, 0.29) is 6.10 Å². The van der Waals surface area contributed by atoms with E-state index in [1.165, 1.54) is 12.0 Å². The lowest BCUT2D eigenvalue weighted by atomic mass is 10.1. The minimum atomic E-state index is 0.150. The Kier molecular flexibility index (Phi) is 3.46. The third-order valence-corrected chi connectivity index (χ3v) is 4.35. The molecular formula is C15H24N3O+. The Hall–Kier alpha value is -1.13. The minimum absolute atomic E-state index is 0.150. The van der Waals surface area contributed by atoms with Crippen molar-refractivity contribution in [3.05, 3.63) is 23.9 Å². The topological polar surface area (TPSA) is 42.3 Å². The molecule has 2 fully saturated rings. The highest BCUT2D eigenvalue weighted by Crippen LogP contribution is 2.25. The number of pyridine rings is 1. The molecular weight excluding hydrogens is 238 g/mol. The highest BCUT2D eigenvalue weighted by Gasteiger charge is 2.37. The Labute approximate surface area is 115 Å². The Morgan fingerprint density at radius 2 is 2.05 bits per heavy atom. The van der Waals surface area contributed by atoms with Crippen LogP contribution in [0.4, 0.5) is 5.82 Å². The van der Waals surface area contributed by atoms with E-state index >= 15 is 0 Å². The first kappa shape index (κ1) is 12.9. The zero-order valence-electron chi connectivity index (χ0n) is 11.8. The first-order chi connectivity index (χ1) is 9.13. The SMILES string of the molecule is CC(C)c1ccc(N2CCC(N3CC([OH2+])C3)C2)nc1. The van der Waals surface area contributed by atoms with Gasteiger partial charge in [0, 0.05) is 25.3 Å². The molecule has 2 aliphatic heterocycles. The van der Waals surface area contributed by atoms with Crippen molar-refractivity contribution in [2.45, 2.75) is 38.3 Å². The molecule has 19 heavy (non-hydrogen) atoms. The Bertz CT molecular complexity index is 426. The summed E-state index contributed by atoms with van der Waals surface area (Å²) < 4.78 is 0.